The topological polar surface area (TPSA) is 56.3 Å². The minimum Gasteiger partial charge on any atom is -0.384 e. The van der Waals surface area contributed by atoms with Gasteiger partial charge >= 0.3 is 0 Å². The summed E-state index contributed by atoms with van der Waals surface area (Å²) in [5, 5.41) is 12.2. The molecule has 0 amide bonds. The SMILES string of the molecule is Cc1cc(NCCCN2CCCC2)c2ccc3c(ccc4c(NCCCN5CCCC5)cc(C)nc43)c2n1.Cl.Cl.Cl.Cl. The highest BCUT2D eigenvalue weighted by molar-refractivity contribution is 6.18. The molecule has 0 radical (unpaired) electrons. The summed E-state index contributed by atoms with van der Waals surface area (Å²) >= 11 is 0. The average molecular weight is 657 g/mol. The molecule has 232 valence electrons. The lowest BCUT2D eigenvalue weighted by molar-refractivity contribution is 0.337. The summed E-state index contributed by atoms with van der Waals surface area (Å²) in [6.07, 6.45) is 7.75. The maximum Gasteiger partial charge on any atom is 0.0805 e. The first-order valence-corrected chi connectivity index (χ1v) is 14.7. The number of pyridine rings is 2. The molecule has 0 atom stereocenters. The first kappa shape index (κ1) is 36.4. The fraction of sp³-hybridized carbons (Fsp3) is 0.500. The van der Waals surface area contributed by atoms with Crippen LogP contribution in [0, 0.1) is 13.8 Å². The van der Waals surface area contributed by atoms with Crippen molar-refractivity contribution in [3.8, 4) is 0 Å². The van der Waals surface area contributed by atoms with Gasteiger partial charge in [-0.05, 0) is 104 Å². The fourth-order valence-electron chi connectivity index (χ4n) is 6.40. The monoisotopic (exact) mass is 654 g/mol. The van der Waals surface area contributed by atoms with Crippen LogP contribution in [0.5, 0.6) is 0 Å². The molecule has 4 heterocycles. The van der Waals surface area contributed by atoms with Gasteiger partial charge in [0.1, 0.15) is 0 Å². The van der Waals surface area contributed by atoms with Crippen LogP contribution >= 0.6 is 49.6 Å². The van der Waals surface area contributed by atoms with Crippen LogP contribution in [0.25, 0.3) is 32.6 Å². The Bertz CT molecular complexity index is 1330. The van der Waals surface area contributed by atoms with Gasteiger partial charge in [0.15, 0.2) is 0 Å². The van der Waals surface area contributed by atoms with Crippen molar-refractivity contribution in [1.29, 1.82) is 0 Å². The van der Waals surface area contributed by atoms with E-state index >= 15 is 0 Å². The quantitative estimate of drug-likeness (QED) is 0.133. The lowest BCUT2D eigenvalue weighted by Crippen LogP contribution is -2.22. The molecule has 42 heavy (non-hydrogen) atoms. The van der Waals surface area contributed by atoms with Gasteiger partial charge in [0, 0.05) is 57.4 Å². The summed E-state index contributed by atoms with van der Waals surface area (Å²) in [6.45, 7) is 13.6. The Kier molecular flexibility index (Phi) is 14.6. The van der Waals surface area contributed by atoms with Crippen molar-refractivity contribution >= 4 is 93.6 Å². The van der Waals surface area contributed by atoms with E-state index < -0.39 is 0 Å². The lowest BCUT2D eigenvalue weighted by atomic mass is 10.0. The highest BCUT2D eigenvalue weighted by Crippen LogP contribution is 2.35. The molecule has 6 nitrogen and oxygen atoms in total. The van der Waals surface area contributed by atoms with Crippen LogP contribution in [0.3, 0.4) is 0 Å². The van der Waals surface area contributed by atoms with Crippen LogP contribution in [0.15, 0.2) is 36.4 Å². The Morgan fingerprint density at radius 1 is 0.571 bits per heavy atom. The number of aryl methyl sites for hydroxylation is 2. The van der Waals surface area contributed by atoms with Crippen molar-refractivity contribution < 1.29 is 0 Å². The van der Waals surface area contributed by atoms with Crippen molar-refractivity contribution in [3.63, 3.8) is 0 Å². The Labute approximate surface area is 275 Å². The van der Waals surface area contributed by atoms with Gasteiger partial charge in [-0.25, -0.2) is 0 Å². The number of anilines is 2. The third-order valence-corrected chi connectivity index (χ3v) is 8.34. The van der Waals surface area contributed by atoms with Crippen molar-refractivity contribution in [2.24, 2.45) is 0 Å². The summed E-state index contributed by atoms with van der Waals surface area (Å²) in [7, 11) is 0. The van der Waals surface area contributed by atoms with E-state index in [1.807, 2.05) is 0 Å². The Balaban J connectivity index is 0.00000154. The summed E-state index contributed by atoms with van der Waals surface area (Å²) < 4.78 is 0. The highest BCUT2D eigenvalue weighted by atomic mass is 35.5. The van der Waals surface area contributed by atoms with E-state index in [4.69, 9.17) is 9.97 Å². The lowest BCUT2D eigenvalue weighted by Gasteiger charge is -2.17. The molecule has 2 fully saturated rings. The number of benzene rings is 2. The number of hydrogen-bond donors (Lipinski definition) is 2. The standard InChI is InChI=1S/C32H42N6.4ClH/c1-23-21-29(33-13-7-19-37-15-3-4-16-37)27-11-10-26-25(31(27)35-23)9-12-28-30(22-24(2)36-32(26)28)34-14-8-20-38-17-5-6-18-38;;;;/h9-12,21-22H,3-8,13-20H2,1-2H3,(H,33,35)(H,34,36);4*1H. The number of fused-ring (bicyclic) bond motifs is 5. The molecule has 10 heteroatoms. The van der Waals surface area contributed by atoms with E-state index in [1.54, 1.807) is 0 Å². The minimum absolute atomic E-state index is 0. The van der Waals surface area contributed by atoms with Gasteiger partial charge in [0.2, 0.25) is 0 Å². The minimum atomic E-state index is 0. The van der Waals surface area contributed by atoms with Gasteiger partial charge in [0.25, 0.3) is 0 Å². The predicted octanol–water partition coefficient (Wildman–Crippen LogP) is 8.04. The Morgan fingerprint density at radius 3 is 1.31 bits per heavy atom. The number of nitrogens with zero attached hydrogens (tertiary/aromatic N) is 4. The fourth-order valence-corrected chi connectivity index (χ4v) is 6.40. The summed E-state index contributed by atoms with van der Waals surface area (Å²) in [6, 6.07) is 13.3. The molecule has 0 bridgehead atoms. The maximum atomic E-state index is 5.01. The molecular weight excluding hydrogens is 610 g/mol. The van der Waals surface area contributed by atoms with Gasteiger partial charge in [-0.2, -0.15) is 0 Å². The molecule has 2 aliphatic rings. The Hall–Kier alpha value is -1.80. The van der Waals surface area contributed by atoms with Gasteiger partial charge < -0.3 is 20.4 Å². The van der Waals surface area contributed by atoms with Crippen LogP contribution in [0.4, 0.5) is 11.4 Å². The number of nitrogens with one attached hydrogen (secondary N) is 2. The largest absolute Gasteiger partial charge is 0.384 e. The molecular formula is C32H46Cl4N6. The number of rotatable bonds is 10. The smallest absolute Gasteiger partial charge is 0.0805 e. The summed E-state index contributed by atoms with van der Waals surface area (Å²) in [5.74, 6) is 0. The zero-order valence-electron chi connectivity index (χ0n) is 24.8. The second kappa shape index (κ2) is 16.9. The van der Waals surface area contributed by atoms with Crippen LogP contribution in [-0.2, 0) is 0 Å². The zero-order valence-corrected chi connectivity index (χ0v) is 28.1. The van der Waals surface area contributed by atoms with Gasteiger partial charge in [-0.1, -0.05) is 24.3 Å². The number of aromatic nitrogens is 2. The molecule has 4 aromatic rings. The molecule has 0 saturated carbocycles. The van der Waals surface area contributed by atoms with Crippen LogP contribution in [0.1, 0.15) is 49.9 Å². The molecule has 0 aliphatic carbocycles. The molecule has 2 aromatic carbocycles. The number of likely N-dealkylation sites (tertiary alicyclic amines) is 2. The maximum absolute atomic E-state index is 5.01. The highest BCUT2D eigenvalue weighted by Gasteiger charge is 2.15. The van der Waals surface area contributed by atoms with E-state index in [9.17, 15) is 0 Å². The Morgan fingerprint density at radius 2 is 0.929 bits per heavy atom. The zero-order chi connectivity index (χ0) is 25.9. The van der Waals surface area contributed by atoms with E-state index in [0.717, 1.165) is 48.4 Å². The van der Waals surface area contributed by atoms with E-state index in [0.29, 0.717) is 0 Å². The van der Waals surface area contributed by atoms with E-state index in [2.05, 4.69) is 70.7 Å². The first-order chi connectivity index (χ1) is 18.7. The first-order valence-electron chi connectivity index (χ1n) is 14.7. The second-order valence-electron chi connectivity index (χ2n) is 11.3. The van der Waals surface area contributed by atoms with Crippen LogP contribution < -0.4 is 10.6 Å². The third kappa shape index (κ3) is 8.22. The normalized spacial score (nSPS) is 15.2. The van der Waals surface area contributed by atoms with Crippen LogP contribution in [0.2, 0.25) is 0 Å². The van der Waals surface area contributed by atoms with Crippen molar-refractivity contribution in [1.82, 2.24) is 19.8 Å². The molecule has 2 aromatic heterocycles. The second-order valence-corrected chi connectivity index (χ2v) is 11.3. The van der Waals surface area contributed by atoms with Crippen molar-refractivity contribution in [2.45, 2.75) is 52.4 Å². The van der Waals surface area contributed by atoms with Gasteiger partial charge in [-0.15, -0.1) is 49.6 Å². The molecule has 2 aliphatic heterocycles. The van der Waals surface area contributed by atoms with Crippen LogP contribution in [-0.4, -0.2) is 72.1 Å². The van der Waals surface area contributed by atoms with Crippen molar-refractivity contribution in [2.75, 3.05) is 63.0 Å². The molecule has 0 unspecified atom stereocenters. The number of hydrogen-bond acceptors (Lipinski definition) is 6. The van der Waals surface area contributed by atoms with E-state index in [1.165, 1.54) is 97.9 Å². The molecule has 2 N–H and O–H groups in total. The summed E-state index contributed by atoms with van der Waals surface area (Å²) in [4.78, 5) is 15.2. The summed E-state index contributed by atoms with van der Waals surface area (Å²) in [5.41, 5.74) is 6.60. The number of halogens is 4. The molecule has 2 saturated heterocycles. The molecule has 6 rings (SSSR count). The molecule has 0 spiro atoms. The average Bonchev–Trinajstić information content (AvgIpc) is 3.63. The predicted molar refractivity (Wildman–Crippen MR) is 191 cm³/mol. The van der Waals surface area contributed by atoms with Crippen molar-refractivity contribution in [3.05, 3.63) is 47.8 Å². The van der Waals surface area contributed by atoms with E-state index in [-0.39, 0.29) is 49.6 Å². The van der Waals surface area contributed by atoms with Gasteiger partial charge in [-0.3, -0.25) is 9.97 Å². The third-order valence-electron chi connectivity index (χ3n) is 8.34. The van der Waals surface area contributed by atoms with Gasteiger partial charge in [0.05, 0.1) is 11.0 Å².